The fraction of sp³-hybridized carbons (Fsp3) is 0.129. The lowest BCUT2D eigenvalue weighted by atomic mass is 9.98. The molecule has 6 rings (SSSR count). The number of ketones is 1. The number of benzene rings is 4. The molecule has 6 aromatic rings. The number of aryl methyl sites for hydroxylation is 1. The first kappa shape index (κ1) is 34.1. The molecule has 4 aromatic carbocycles. The zero-order valence-electron chi connectivity index (χ0n) is 23.9. The Labute approximate surface area is 270 Å². The van der Waals surface area contributed by atoms with Crippen molar-refractivity contribution in [2.75, 3.05) is 0 Å². The Kier molecular flexibility index (Phi) is 8.78. The number of carbonyl (C=O) groups excluding carboxylic acids is 1. The van der Waals surface area contributed by atoms with Crippen molar-refractivity contribution >= 4 is 59.0 Å². The molecular weight excluding hydrogens is 689 g/mol. The molecule has 0 bridgehead atoms. The van der Waals surface area contributed by atoms with E-state index in [1.54, 1.807) is 55.5 Å². The van der Waals surface area contributed by atoms with E-state index in [1.165, 1.54) is 11.3 Å². The van der Waals surface area contributed by atoms with Crippen molar-refractivity contribution in [3.05, 3.63) is 101 Å². The number of rotatable bonds is 6. The number of hydrogen-bond donors (Lipinski definition) is 2. The Morgan fingerprint density at radius 1 is 0.766 bits per heavy atom. The van der Waals surface area contributed by atoms with Gasteiger partial charge in [-0.25, -0.2) is 9.97 Å². The van der Waals surface area contributed by atoms with Crippen molar-refractivity contribution in [2.45, 2.75) is 30.6 Å². The summed E-state index contributed by atoms with van der Waals surface area (Å²) >= 11 is 2.48. The van der Waals surface area contributed by atoms with E-state index < -0.39 is 51.4 Å². The summed E-state index contributed by atoms with van der Waals surface area (Å²) in [6.07, 6.45) is -10.5. The van der Waals surface area contributed by atoms with Crippen LogP contribution in [0.3, 0.4) is 0 Å². The molecule has 0 radical (unpaired) electrons. The Morgan fingerprint density at radius 2 is 1.32 bits per heavy atom. The predicted octanol–water partition coefficient (Wildman–Crippen LogP) is 9.42. The molecule has 0 amide bonds. The summed E-state index contributed by atoms with van der Waals surface area (Å²) in [4.78, 5) is 21.7. The van der Waals surface area contributed by atoms with Crippen LogP contribution in [-0.4, -0.2) is 28.7 Å². The third-order valence-corrected chi connectivity index (χ3v) is 10.5. The highest BCUT2D eigenvalue weighted by Gasteiger charge is 2.37. The number of Topliss-reactive ketones (excluding diaryl/α,β-unsaturated/α-hetero) is 1. The van der Waals surface area contributed by atoms with Crippen LogP contribution < -0.4 is 6.15 Å². The van der Waals surface area contributed by atoms with Crippen LogP contribution in [0.5, 0.6) is 0 Å². The van der Waals surface area contributed by atoms with Crippen molar-refractivity contribution in [3.63, 3.8) is 0 Å². The lowest BCUT2D eigenvalue weighted by Crippen LogP contribution is -2.14. The van der Waals surface area contributed by atoms with Crippen molar-refractivity contribution in [1.29, 1.82) is 0 Å². The van der Waals surface area contributed by atoms with Crippen LogP contribution in [0.1, 0.15) is 32.6 Å². The first-order valence-electron chi connectivity index (χ1n) is 13.2. The Morgan fingerprint density at radius 3 is 1.91 bits per heavy atom. The molecule has 2 heterocycles. The second-order valence-electron chi connectivity index (χ2n) is 10.3. The Bertz CT molecular complexity index is 2240. The van der Waals surface area contributed by atoms with Crippen LogP contribution in [0.15, 0.2) is 77.7 Å². The van der Waals surface area contributed by atoms with Gasteiger partial charge in [-0.1, -0.05) is 30.3 Å². The molecule has 0 aliphatic heterocycles. The second-order valence-corrected chi connectivity index (χ2v) is 13.7. The fourth-order valence-corrected chi connectivity index (χ4v) is 8.18. The molecule has 4 N–H and O–H groups in total. The van der Waals surface area contributed by atoms with Gasteiger partial charge >= 0.3 is 12.4 Å². The standard InChI is InChI=1S/C31H18F6N2O4S3.H3N/c1-15-2-8-23-26(27(15)46(41,42)43)45-29(39-23)18-7-9-22-25(13-18)44-28(38-22)17-5-3-16(4-6-17)10-24(40)19-11-20(30(32,33)34)14-21(12-19)31(35,36)37;/h2-9,11-14H,10H2,1H3,(H,41,42,43);1H3. The van der Waals surface area contributed by atoms with Crippen LogP contribution in [0.2, 0.25) is 0 Å². The molecule has 0 aliphatic rings. The largest absolute Gasteiger partial charge is 0.416 e. The van der Waals surface area contributed by atoms with Gasteiger partial charge in [-0.15, -0.1) is 22.7 Å². The highest BCUT2D eigenvalue weighted by molar-refractivity contribution is 7.86. The number of hydrogen-bond acceptors (Lipinski definition) is 8. The molecule has 0 aliphatic carbocycles. The highest BCUT2D eigenvalue weighted by Crippen LogP contribution is 2.39. The molecule has 0 atom stereocenters. The molecule has 0 saturated heterocycles. The van der Waals surface area contributed by atoms with Crippen LogP contribution in [-0.2, 0) is 28.9 Å². The van der Waals surface area contributed by atoms with Gasteiger partial charge in [-0.2, -0.15) is 34.8 Å². The maximum Gasteiger partial charge on any atom is 0.416 e. The summed E-state index contributed by atoms with van der Waals surface area (Å²) in [5.74, 6) is -0.898. The molecular formula is C31H21F6N3O4S3. The smallest absolute Gasteiger partial charge is 0.344 e. The molecule has 16 heteroatoms. The number of fused-ring (bicyclic) bond motifs is 2. The summed E-state index contributed by atoms with van der Waals surface area (Å²) in [6, 6.07) is 15.9. The third-order valence-electron chi connectivity index (χ3n) is 7.08. The third kappa shape index (κ3) is 6.92. The van der Waals surface area contributed by atoms with Gasteiger partial charge in [0.15, 0.2) is 5.78 Å². The van der Waals surface area contributed by atoms with Gasteiger partial charge in [-0.3, -0.25) is 9.35 Å². The van der Waals surface area contributed by atoms with E-state index in [0.29, 0.717) is 60.1 Å². The predicted molar refractivity (Wildman–Crippen MR) is 168 cm³/mol. The van der Waals surface area contributed by atoms with E-state index in [-0.39, 0.29) is 17.1 Å². The minimum atomic E-state index is -5.06. The molecule has 244 valence electrons. The molecule has 0 spiro atoms. The average Bonchev–Trinajstić information content (AvgIpc) is 3.59. The lowest BCUT2D eigenvalue weighted by molar-refractivity contribution is -0.143. The Balaban J connectivity index is 0.00000433. The van der Waals surface area contributed by atoms with Crippen molar-refractivity contribution in [2.24, 2.45) is 0 Å². The molecule has 2 aromatic heterocycles. The van der Waals surface area contributed by atoms with Crippen molar-refractivity contribution in [3.8, 4) is 21.1 Å². The quantitative estimate of drug-likeness (QED) is 0.100. The van der Waals surface area contributed by atoms with E-state index in [0.717, 1.165) is 16.0 Å². The maximum atomic E-state index is 13.2. The van der Waals surface area contributed by atoms with Crippen molar-refractivity contribution in [1.82, 2.24) is 16.1 Å². The van der Waals surface area contributed by atoms with Gasteiger partial charge in [0.05, 0.1) is 31.6 Å². The van der Waals surface area contributed by atoms with Crippen LogP contribution in [0.25, 0.3) is 41.6 Å². The zero-order valence-corrected chi connectivity index (χ0v) is 26.4. The second kappa shape index (κ2) is 12.1. The van der Waals surface area contributed by atoms with Crippen LogP contribution in [0.4, 0.5) is 26.3 Å². The van der Waals surface area contributed by atoms with Gasteiger partial charge < -0.3 is 6.15 Å². The molecule has 7 nitrogen and oxygen atoms in total. The lowest BCUT2D eigenvalue weighted by Gasteiger charge is -2.14. The normalized spacial score (nSPS) is 12.4. The van der Waals surface area contributed by atoms with Gasteiger partial charge in [0.25, 0.3) is 10.1 Å². The van der Waals surface area contributed by atoms with Gasteiger partial charge in [0.2, 0.25) is 0 Å². The number of thiazole rings is 2. The summed E-state index contributed by atoms with van der Waals surface area (Å²) < 4.78 is 114. The van der Waals surface area contributed by atoms with Gasteiger partial charge in [-0.05, 0) is 60.5 Å². The number of aromatic nitrogens is 2. The van der Waals surface area contributed by atoms with Crippen LogP contribution >= 0.6 is 22.7 Å². The highest BCUT2D eigenvalue weighted by atomic mass is 32.2. The van der Waals surface area contributed by atoms with E-state index in [2.05, 4.69) is 9.97 Å². The SMILES string of the molecule is Cc1ccc2nc(-c3ccc4nc(-c5ccc(CC(=O)c6cc(C(F)(F)F)cc(C(F)(F)F)c6)cc5)sc4c3)sc2c1S(=O)(=O)O.N. The molecule has 0 unspecified atom stereocenters. The molecule has 47 heavy (non-hydrogen) atoms. The zero-order chi connectivity index (χ0) is 33.2. The number of halogens is 6. The fourth-order valence-electron chi connectivity index (χ4n) is 4.86. The topological polar surface area (TPSA) is 132 Å². The summed E-state index contributed by atoms with van der Waals surface area (Å²) in [5.41, 5.74) is -0.536. The van der Waals surface area contributed by atoms with E-state index >= 15 is 0 Å². The minimum absolute atomic E-state index is 0. The molecule has 0 saturated carbocycles. The number of carbonyl (C=O) groups is 1. The Hall–Kier alpha value is -4.22. The number of alkyl halides is 6. The average molecular weight is 710 g/mol. The van der Waals surface area contributed by atoms with E-state index in [4.69, 9.17) is 0 Å². The van der Waals surface area contributed by atoms with E-state index in [9.17, 15) is 44.1 Å². The first-order chi connectivity index (χ1) is 21.5. The number of nitrogens with zero attached hydrogens (tertiary/aromatic N) is 2. The van der Waals surface area contributed by atoms with E-state index in [1.807, 2.05) is 6.07 Å². The summed E-state index contributed by atoms with van der Waals surface area (Å²) in [5, 5.41) is 1.16. The monoisotopic (exact) mass is 709 g/mol. The van der Waals surface area contributed by atoms with Gasteiger partial charge in [0.1, 0.15) is 14.9 Å². The molecule has 0 fully saturated rings. The maximum absolute atomic E-state index is 13.2. The summed E-state index contributed by atoms with van der Waals surface area (Å²) in [7, 11) is -4.47. The van der Waals surface area contributed by atoms with Crippen molar-refractivity contribution < 1.29 is 44.1 Å². The minimum Gasteiger partial charge on any atom is -0.344 e. The van der Waals surface area contributed by atoms with Gasteiger partial charge in [0, 0.05) is 23.1 Å². The first-order valence-corrected chi connectivity index (χ1v) is 16.3. The van der Waals surface area contributed by atoms with Crippen LogP contribution in [0, 0.1) is 6.92 Å². The summed E-state index contributed by atoms with van der Waals surface area (Å²) in [6.45, 7) is 1.58.